The summed E-state index contributed by atoms with van der Waals surface area (Å²) in [5, 5.41) is 3.68. The molecule has 1 fully saturated rings. The highest BCUT2D eigenvalue weighted by Gasteiger charge is 2.30. The molecule has 1 unspecified atom stereocenters. The van der Waals surface area contributed by atoms with Crippen LogP contribution in [0.1, 0.15) is 50.8 Å². The summed E-state index contributed by atoms with van der Waals surface area (Å²) in [6, 6.07) is 10.0. The molecule has 2 rings (SSSR count). The summed E-state index contributed by atoms with van der Waals surface area (Å²) >= 11 is 0. The lowest BCUT2D eigenvalue weighted by atomic mass is 9.88. The van der Waals surface area contributed by atoms with Crippen molar-refractivity contribution in [1.29, 1.82) is 0 Å². The predicted molar refractivity (Wildman–Crippen MR) is 75.8 cm³/mol. The average molecular weight is 247 g/mol. The van der Waals surface area contributed by atoms with Gasteiger partial charge in [-0.25, -0.2) is 0 Å². The van der Waals surface area contributed by atoms with Gasteiger partial charge in [0.2, 0.25) is 0 Å². The molecule has 1 aliphatic rings. The normalized spacial score (nSPS) is 24.6. The van der Waals surface area contributed by atoms with Crippen LogP contribution in [0.15, 0.2) is 24.3 Å². The summed E-state index contributed by atoms with van der Waals surface area (Å²) in [5.41, 5.74) is 2.79. The highest BCUT2D eigenvalue weighted by molar-refractivity contribution is 5.24. The molecule has 1 atom stereocenters. The van der Waals surface area contributed by atoms with Crippen LogP contribution in [0, 0.1) is 0 Å². The molecule has 0 radical (unpaired) electrons. The molecule has 18 heavy (non-hydrogen) atoms. The van der Waals surface area contributed by atoms with Crippen LogP contribution in [-0.2, 0) is 11.2 Å². The first kappa shape index (κ1) is 13.6. The number of hydrogen-bond acceptors (Lipinski definition) is 2. The summed E-state index contributed by atoms with van der Waals surface area (Å²) in [4.78, 5) is 0. The van der Waals surface area contributed by atoms with Gasteiger partial charge in [-0.3, -0.25) is 0 Å². The van der Waals surface area contributed by atoms with Gasteiger partial charge < -0.3 is 10.1 Å². The van der Waals surface area contributed by atoms with E-state index in [0.29, 0.717) is 18.2 Å². The van der Waals surface area contributed by atoms with Crippen LogP contribution >= 0.6 is 0 Å². The van der Waals surface area contributed by atoms with E-state index >= 15 is 0 Å². The molecule has 0 bridgehead atoms. The zero-order valence-corrected chi connectivity index (χ0v) is 11.8. The van der Waals surface area contributed by atoms with Crippen molar-refractivity contribution >= 4 is 0 Å². The van der Waals surface area contributed by atoms with Gasteiger partial charge in [0, 0.05) is 18.7 Å². The molecule has 1 aromatic rings. The average Bonchev–Trinajstić information content (AvgIpc) is 2.36. The molecule has 2 heteroatoms. The first-order valence-electron chi connectivity index (χ1n) is 7.19. The third-order valence-corrected chi connectivity index (χ3v) is 3.87. The summed E-state index contributed by atoms with van der Waals surface area (Å²) in [6.45, 7) is 7.35. The standard InChI is InChI=1S/C16H25NO/c1-4-13-6-8-14(9-7-13)12(3)17-15-10-16(11-15)18-5-2/h6-9,12,15-17H,4-5,10-11H2,1-3H3. The van der Waals surface area contributed by atoms with Crippen LogP contribution in [0.4, 0.5) is 0 Å². The van der Waals surface area contributed by atoms with Crippen LogP contribution < -0.4 is 5.32 Å². The van der Waals surface area contributed by atoms with Crippen LogP contribution in [0.2, 0.25) is 0 Å². The van der Waals surface area contributed by atoms with Gasteiger partial charge in [0.05, 0.1) is 6.10 Å². The molecule has 0 heterocycles. The Morgan fingerprint density at radius 1 is 1.22 bits per heavy atom. The Morgan fingerprint density at radius 2 is 1.89 bits per heavy atom. The van der Waals surface area contributed by atoms with Crippen molar-refractivity contribution in [3.8, 4) is 0 Å². The third kappa shape index (κ3) is 3.33. The van der Waals surface area contributed by atoms with E-state index < -0.39 is 0 Å². The molecule has 0 aliphatic heterocycles. The fraction of sp³-hybridized carbons (Fsp3) is 0.625. The summed E-state index contributed by atoms with van der Waals surface area (Å²) in [7, 11) is 0. The van der Waals surface area contributed by atoms with Crippen LogP contribution in [0.3, 0.4) is 0 Å². The largest absolute Gasteiger partial charge is 0.378 e. The van der Waals surface area contributed by atoms with Crippen LogP contribution in [0.25, 0.3) is 0 Å². The first-order chi connectivity index (χ1) is 8.72. The number of aryl methyl sites for hydroxylation is 1. The minimum absolute atomic E-state index is 0.434. The molecule has 0 amide bonds. The van der Waals surface area contributed by atoms with E-state index in [-0.39, 0.29) is 0 Å². The fourth-order valence-electron chi connectivity index (χ4n) is 2.57. The molecule has 100 valence electrons. The van der Waals surface area contributed by atoms with Gasteiger partial charge in [0.1, 0.15) is 0 Å². The van der Waals surface area contributed by atoms with Crippen molar-refractivity contribution in [2.45, 2.75) is 58.2 Å². The maximum absolute atomic E-state index is 5.59. The summed E-state index contributed by atoms with van der Waals surface area (Å²) < 4.78 is 5.59. The molecule has 0 spiro atoms. The molecular weight excluding hydrogens is 222 g/mol. The topological polar surface area (TPSA) is 21.3 Å². The Hall–Kier alpha value is -0.860. The molecule has 1 saturated carbocycles. The Kier molecular flexibility index (Phi) is 4.79. The Labute approximate surface area is 111 Å². The monoisotopic (exact) mass is 247 g/mol. The van der Waals surface area contributed by atoms with E-state index in [4.69, 9.17) is 4.74 Å². The van der Waals surface area contributed by atoms with Crippen LogP contribution in [-0.4, -0.2) is 18.8 Å². The Morgan fingerprint density at radius 3 is 2.44 bits per heavy atom. The van der Waals surface area contributed by atoms with Crippen molar-refractivity contribution in [2.75, 3.05) is 6.61 Å². The van der Waals surface area contributed by atoms with Gasteiger partial charge in [-0.1, -0.05) is 31.2 Å². The lowest BCUT2D eigenvalue weighted by Gasteiger charge is -2.37. The van der Waals surface area contributed by atoms with E-state index in [9.17, 15) is 0 Å². The highest BCUT2D eigenvalue weighted by atomic mass is 16.5. The van der Waals surface area contributed by atoms with Crippen molar-refractivity contribution in [3.05, 3.63) is 35.4 Å². The van der Waals surface area contributed by atoms with Gasteiger partial charge in [-0.15, -0.1) is 0 Å². The maximum atomic E-state index is 5.59. The zero-order valence-electron chi connectivity index (χ0n) is 11.8. The molecule has 1 N–H and O–H groups in total. The third-order valence-electron chi connectivity index (χ3n) is 3.87. The second kappa shape index (κ2) is 6.35. The number of rotatable bonds is 6. The van der Waals surface area contributed by atoms with Gasteiger partial charge >= 0.3 is 0 Å². The first-order valence-corrected chi connectivity index (χ1v) is 7.19. The molecule has 0 aromatic heterocycles. The Bertz CT molecular complexity index is 354. The quantitative estimate of drug-likeness (QED) is 0.831. The van der Waals surface area contributed by atoms with Gasteiger partial charge in [0.25, 0.3) is 0 Å². The number of nitrogens with one attached hydrogen (secondary N) is 1. The summed E-state index contributed by atoms with van der Waals surface area (Å²) in [5.74, 6) is 0. The van der Waals surface area contributed by atoms with E-state index in [0.717, 1.165) is 25.9 Å². The van der Waals surface area contributed by atoms with Crippen molar-refractivity contribution in [2.24, 2.45) is 0 Å². The predicted octanol–water partition coefficient (Wildman–Crippen LogP) is 3.47. The SMILES string of the molecule is CCOC1CC(NC(C)c2ccc(CC)cc2)C1. The van der Waals surface area contributed by atoms with Gasteiger partial charge in [-0.2, -0.15) is 0 Å². The zero-order chi connectivity index (χ0) is 13.0. The fourth-order valence-corrected chi connectivity index (χ4v) is 2.57. The second-order valence-electron chi connectivity index (χ2n) is 5.23. The van der Waals surface area contributed by atoms with E-state index in [2.05, 4.69) is 50.4 Å². The number of ether oxygens (including phenoxy) is 1. The van der Waals surface area contributed by atoms with E-state index in [1.54, 1.807) is 0 Å². The minimum Gasteiger partial charge on any atom is -0.378 e. The maximum Gasteiger partial charge on any atom is 0.0604 e. The molecule has 1 aromatic carbocycles. The van der Waals surface area contributed by atoms with Crippen molar-refractivity contribution < 1.29 is 4.74 Å². The minimum atomic E-state index is 0.434. The summed E-state index contributed by atoms with van der Waals surface area (Å²) in [6.07, 6.45) is 3.92. The van der Waals surface area contributed by atoms with Crippen molar-refractivity contribution in [3.63, 3.8) is 0 Å². The molecule has 0 saturated heterocycles. The highest BCUT2D eigenvalue weighted by Crippen LogP contribution is 2.26. The van der Waals surface area contributed by atoms with Crippen LogP contribution in [0.5, 0.6) is 0 Å². The van der Waals surface area contributed by atoms with E-state index in [1.807, 2.05) is 0 Å². The van der Waals surface area contributed by atoms with Crippen molar-refractivity contribution in [1.82, 2.24) is 5.32 Å². The number of benzene rings is 1. The lowest BCUT2D eigenvalue weighted by molar-refractivity contribution is -0.0120. The number of hydrogen-bond donors (Lipinski definition) is 1. The van der Waals surface area contributed by atoms with E-state index in [1.165, 1.54) is 11.1 Å². The second-order valence-corrected chi connectivity index (χ2v) is 5.23. The lowest BCUT2D eigenvalue weighted by Crippen LogP contribution is -2.46. The Balaban J connectivity index is 1.79. The van der Waals surface area contributed by atoms with Gasteiger partial charge in [-0.05, 0) is 44.2 Å². The molecule has 2 nitrogen and oxygen atoms in total. The molecule has 1 aliphatic carbocycles. The smallest absolute Gasteiger partial charge is 0.0604 e. The van der Waals surface area contributed by atoms with Gasteiger partial charge in [0.15, 0.2) is 0 Å². The molecular formula is C16H25NO.